The molecule has 7 heteroatoms. The van der Waals surface area contributed by atoms with Gasteiger partial charge in [-0.1, -0.05) is 6.92 Å². The van der Waals surface area contributed by atoms with Crippen LogP contribution in [-0.2, 0) is 19.4 Å². The zero-order valence-corrected chi connectivity index (χ0v) is 11.8. The minimum Gasteiger partial charge on any atom is -0.356 e. The fraction of sp³-hybridized carbons (Fsp3) is 0.833. The summed E-state index contributed by atoms with van der Waals surface area (Å²) in [7, 11) is -2.98. The first-order valence-electron chi connectivity index (χ1n) is 6.71. The summed E-state index contributed by atoms with van der Waals surface area (Å²) in [6.07, 6.45) is 1.92. The standard InChI is InChI=1S/C12H20N2O4S/c1-2-4-13-11(15)9-6-10(9)12(16)14-8-3-5-19(17,18)7-8/h8-10H,2-7H2,1H3,(H,13,15)(H,14,16). The van der Waals surface area contributed by atoms with Crippen LogP contribution in [0, 0.1) is 11.8 Å². The zero-order valence-electron chi connectivity index (χ0n) is 11.0. The summed E-state index contributed by atoms with van der Waals surface area (Å²) in [6.45, 7) is 2.60. The van der Waals surface area contributed by atoms with Crippen molar-refractivity contribution in [2.75, 3.05) is 18.1 Å². The second kappa shape index (κ2) is 5.48. The van der Waals surface area contributed by atoms with E-state index in [0.29, 0.717) is 19.4 Å². The number of sulfone groups is 1. The van der Waals surface area contributed by atoms with Crippen LogP contribution in [0.2, 0.25) is 0 Å². The third-order valence-electron chi connectivity index (χ3n) is 3.59. The number of carbonyl (C=O) groups excluding carboxylic acids is 2. The number of hydrogen-bond acceptors (Lipinski definition) is 4. The van der Waals surface area contributed by atoms with Crippen molar-refractivity contribution >= 4 is 21.7 Å². The molecule has 2 N–H and O–H groups in total. The van der Waals surface area contributed by atoms with Gasteiger partial charge in [-0.15, -0.1) is 0 Å². The minimum atomic E-state index is -2.98. The molecule has 0 aromatic heterocycles. The van der Waals surface area contributed by atoms with Gasteiger partial charge < -0.3 is 10.6 Å². The molecule has 2 fully saturated rings. The summed E-state index contributed by atoms with van der Waals surface area (Å²) in [5.41, 5.74) is 0. The van der Waals surface area contributed by atoms with Gasteiger partial charge in [-0.05, 0) is 19.3 Å². The molecule has 3 unspecified atom stereocenters. The average Bonchev–Trinajstić information content (AvgIpc) is 3.07. The van der Waals surface area contributed by atoms with Gasteiger partial charge in [0.05, 0.1) is 23.3 Å². The van der Waals surface area contributed by atoms with E-state index in [1.165, 1.54) is 0 Å². The van der Waals surface area contributed by atoms with Crippen LogP contribution in [0.25, 0.3) is 0 Å². The molecule has 2 amide bonds. The van der Waals surface area contributed by atoms with Crippen LogP contribution in [0.3, 0.4) is 0 Å². The Kier molecular flexibility index (Phi) is 4.13. The van der Waals surface area contributed by atoms with E-state index >= 15 is 0 Å². The Morgan fingerprint density at radius 3 is 2.47 bits per heavy atom. The molecule has 3 atom stereocenters. The van der Waals surface area contributed by atoms with Crippen molar-refractivity contribution in [1.29, 1.82) is 0 Å². The van der Waals surface area contributed by atoms with Gasteiger partial charge in [0, 0.05) is 12.6 Å². The molecule has 0 spiro atoms. The maximum absolute atomic E-state index is 11.9. The fourth-order valence-electron chi connectivity index (χ4n) is 2.37. The number of hydrogen-bond donors (Lipinski definition) is 2. The van der Waals surface area contributed by atoms with E-state index in [1.807, 2.05) is 6.92 Å². The molecule has 108 valence electrons. The summed E-state index contributed by atoms with van der Waals surface area (Å²) in [5.74, 6) is -0.592. The Bertz CT molecular complexity index is 474. The molecule has 1 saturated carbocycles. The Labute approximate surface area is 113 Å². The SMILES string of the molecule is CCCNC(=O)C1CC1C(=O)NC1CCS(=O)(=O)C1. The quantitative estimate of drug-likeness (QED) is 0.710. The first-order valence-corrected chi connectivity index (χ1v) is 8.53. The van der Waals surface area contributed by atoms with Crippen LogP contribution in [0.15, 0.2) is 0 Å². The molecule has 1 aliphatic heterocycles. The third-order valence-corrected chi connectivity index (χ3v) is 5.36. The Morgan fingerprint density at radius 1 is 1.21 bits per heavy atom. The number of nitrogens with one attached hydrogen (secondary N) is 2. The van der Waals surface area contributed by atoms with E-state index in [9.17, 15) is 18.0 Å². The molecule has 0 radical (unpaired) electrons. The van der Waals surface area contributed by atoms with Crippen molar-refractivity contribution in [3.05, 3.63) is 0 Å². The molecule has 1 aliphatic carbocycles. The summed E-state index contributed by atoms with van der Waals surface area (Å²) in [4.78, 5) is 23.5. The largest absolute Gasteiger partial charge is 0.356 e. The smallest absolute Gasteiger partial charge is 0.224 e. The third kappa shape index (κ3) is 3.68. The van der Waals surface area contributed by atoms with Gasteiger partial charge in [-0.3, -0.25) is 9.59 Å². The summed E-state index contributed by atoms with van der Waals surface area (Å²) >= 11 is 0. The van der Waals surface area contributed by atoms with Crippen LogP contribution in [0.4, 0.5) is 0 Å². The van der Waals surface area contributed by atoms with Crippen molar-refractivity contribution in [2.45, 2.75) is 32.2 Å². The first-order chi connectivity index (χ1) is 8.93. The topological polar surface area (TPSA) is 92.3 Å². The Balaban J connectivity index is 1.76. The van der Waals surface area contributed by atoms with Crippen LogP contribution in [0.1, 0.15) is 26.2 Å². The predicted molar refractivity (Wildman–Crippen MR) is 70.1 cm³/mol. The highest BCUT2D eigenvalue weighted by atomic mass is 32.2. The lowest BCUT2D eigenvalue weighted by atomic mass is 10.2. The van der Waals surface area contributed by atoms with Crippen LogP contribution < -0.4 is 10.6 Å². The number of rotatable bonds is 5. The highest BCUT2D eigenvalue weighted by molar-refractivity contribution is 7.91. The van der Waals surface area contributed by atoms with Gasteiger partial charge in [0.15, 0.2) is 9.84 Å². The monoisotopic (exact) mass is 288 g/mol. The van der Waals surface area contributed by atoms with Crippen molar-refractivity contribution < 1.29 is 18.0 Å². The maximum atomic E-state index is 11.9. The van der Waals surface area contributed by atoms with Crippen LogP contribution in [-0.4, -0.2) is 44.3 Å². The van der Waals surface area contributed by atoms with Crippen molar-refractivity contribution in [1.82, 2.24) is 10.6 Å². The maximum Gasteiger partial charge on any atom is 0.224 e. The van der Waals surface area contributed by atoms with E-state index < -0.39 is 9.84 Å². The lowest BCUT2D eigenvalue weighted by molar-refractivity contribution is -0.127. The van der Waals surface area contributed by atoms with E-state index in [2.05, 4.69) is 10.6 Å². The zero-order chi connectivity index (χ0) is 14.0. The minimum absolute atomic E-state index is 0.0260. The average molecular weight is 288 g/mol. The number of amides is 2. The molecule has 2 aliphatic rings. The molecule has 0 aromatic rings. The molecule has 1 saturated heterocycles. The molecule has 6 nitrogen and oxygen atoms in total. The van der Waals surface area contributed by atoms with Gasteiger partial charge in [0.25, 0.3) is 0 Å². The lowest BCUT2D eigenvalue weighted by Crippen LogP contribution is -2.38. The summed E-state index contributed by atoms with van der Waals surface area (Å²) < 4.78 is 22.6. The molecule has 2 rings (SSSR count). The summed E-state index contributed by atoms with van der Waals surface area (Å²) in [5, 5.41) is 5.51. The molecule has 19 heavy (non-hydrogen) atoms. The van der Waals surface area contributed by atoms with E-state index in [4.69, 9.17) is 0 Å². The fourth-order valence-corrected chi connectivity index (χ4v) is 4.04. The van der Waals surface area contributed by atoms with Gasteiger partial charge in [0.1, 0.15) is 0 Å². The molecule has 1 heterocycles. The van der Waals surface area contributed by atoms with Gasteiger partial charge >= 0.3 is 0 Å². The van der Waals surface area contributed by atoms with E-state index in [0.717, 1.165) is 6.42 Å². The van der Waals surface area contributed by atoms with Crippen LogP contribution >= 0.6 is 0 Å². The Morgan fingerprint density at radius 2 is 1.89 bits per heavy atom. The molecular formula is C12H20N2O4S. The lowest BCUT2D eigenvalue weighted by Gasteiger charge is -2.10. The van der Waals surface area contributed by atoms with E-state index in [-0.39, 0.29) is 41.2 Å². The molecular weight excluding hydrogens is 268 g/mol. The van der Waals surface area contributed by atoms with E-state index in [1.54, 1.807) is 0 Å². The van der Waals surface area contributed by atoms with Gasteiger partial charge in [-0.25, -0.2) is 8.42 Å². The van der Waals surface area contributed by atoms with Gasteiger partial charge in [0.2, 0.25) is 11.8 Å². The second-order valence-corrected chi connectivity index (χ2v) is 7.58. The molecule has 0 aromatic carbocycles. The highest BCUT2D eigenvalue weighted by Gasteiger charge is 2.48. The Hall–Kier alpha value is -1.11. The first kappa shape index (κ1) is 14.3. The van der Waals surface area contributed by atoms with Gasteiger partial charge in [-0.2, -0.15) is 0 Å². The van der Waals surface area contributed by atoms with Crippen molar-refractivity contribution in [3.63, 3.8) is 0 Å². The normalized spacial score (nSPS) is 31.7. The van der Waals surface area contributed by atoms with Crippen molar-refractivity contribution in [3.8, 4) is 0 Å². The predicted octanol–water partition coefficient (Wildman–Crippen LogP) is -0.548. The molecule has 0 bridgehead atoms. The summed E-state index contributed by atoms with van der Waals surface area (Å²) in [6, 6.07) is -0.280. The number of carbonyl (C=O) groups is 2. The second-order valence-electron chi connectivity index (χ2n) is 5.35. The highest BCUT2D eigenvalue weighted by Crippen LogP contribution is 2.39. The van der Waals surface area contributed by atoms with Crippen LogP contribution in [0.5, 0.6) is 0 Å². The van der Waals surface area contributed by atoms with Crippen molar-refractivity contribution in [2.24, 2.45) is 11.8 Å².